The third-order valence-corrected chi connectivity index (χ3v) is 2.84. The van der Waals surface area contributed by atoms with Crippen molar-refractivity contribution in [1.82, 2.24) is 10.0 Å². The molecule has 0 spiro atoms. The molecule has 2 atom stereocenters. The zero-order valence-electron chi connectivity index (χ0n) is 9.23. The van der Waals surface area contributed by atoms with Crippen molar-refractivity contribution in [3.8, 4) is 0 Å². The quantitative estimate of drug-likeness (QED) is 0.723. The largest absolute Gasteiger partial charge is 0.393 e. The molecule has 14 heavy (non-hydrogen) atoms. The summed E-state index contributed by atoms with van der Waals surface area (Å²) in [6, 6.07) is 0.344. The van der Waals surface area contributed by atoms with Gasteiger partial charge in [0.25, 0.3) is 0 Å². The zero-order chi connectivity index (χ0) is 10.7. The van der Waals surface area contributed by atoms with Gasteiger partial charge in [-0.25, -0.2) is 5.01 Å². The Morgan fingerprint density at radius 3 is 2.71 bits per heavy atom. The van der Waals surface area contributed by atoms with E-state index in [1.807, 2.05) is 12.1 Å². The number of hydrogen-bond donors (Lipinski definition) is 1. The van der Waals surface area contributed by atoms with Crippen LogP contribution in [0.25, 0.3) is 0 Å². The highest BCUT2D eigenvalue weighted by Crippen LogP contribution is 2.20. The lowest BCUT2D eigenvalue weighted by Crippen LogP contribution is -2.40. The van der Waals surface area contributed by atoms with Gasteiger partial charge in [-0.2, -0.15) is 0 Å². The van der Waals surface area contributed by atoms with E-state index in [1.165, 1.54) is 0 Å². The first-order valence-corrected chi connectivity index (χ1v) is 5.27. The SMILES string of the molecule is CCC1CC(=O)N(CCC(C)O)N1C. The van der Waals surface area contributed by atoms with E-state index in [2.05, 4.69) is 6.92 Å². The van der Waals surface area contributed by atoms with E-state index in [0.29, 0.717) is 25.4 Å². The molecule has 0 aromatic rings. The van der Waals surface area contributed by atoms with E-state index in [9.17, 15) is 4.79 Å². The van der Waals surface area contributed by atoms with Crippen molar-refractivity contribution < 1.29 is 9.90 Å². The summed E-state index contributed by atoms with van der Waals surface area (Å²) in [4.78, 5) is 11.6. The summed E-state index contributed by atoms with van der Waals surface area (Å²) < 4.78 is 0. The van der Waals surface area contributed by atoms with E-state index >= 15 is 0 Å². The van der Waals surface area contributed by atoms with E-state index < -0.39 is 0 Å². The molecule has 4 nitrogen and oxygen atoms in total. The highest BCUT2D eigenvalue weighted by molar-refractivity contribution is 5.78. The normalized spacial score (nSPS) is 25.9. The number of hydrogen-bond acceptors (Lipinski definition) is 3. The van der Waals surface area contributed by atoms with Crippen molar-refractivity contribution in [2.75, 3.05) is 13.6 Å². The molecule has 1 amide bonds. The Bertz CT molecular complexity index is 206. The molecule has 1 rings (SSSR count). The molecule has 4 heteroatoms. The van der Waals surface area contributed by atoms with Gasteiger partial charge in [-0.3, -0.25) is 9.80 Å². The first-order chi connectivity index (χ1) is 6.56. The average Bonchev–Trinajstić information content (AvgIpc) is 2.39. The number of aliphatic hydroxyl groups excluding tert-OH is 1. The van der Waals surface area contributed by atoms with Crippen molar-refractivity contribution in [2.24, 2.45) is 0 Å². The smallest absolute Gasteiger partial charge is 0.238 e. The molecule has 0 bridgehead atoms. The fraction of sp³-hybridized carbons (Fsp3) is 0.900. The molecule has 1 aliphatic rings. The van der Waals surface area contributed by atoms with E-state index in [0.717, 1.165) is 6.42 Å². The van der Waals surface area contributed by atoms with Crippen LogP contribution in [0.15, 0.2) is 0 Å². The van der Waals surface area contributed by atoms with Crippen LogP contribution in [0, 0.1) is 0 Å². The van der Waals surface area contributed by atoms with Crippen LogP contribution in [0.4, 0.5) is 0 Å². The number of carbonyl (C=O) groups excluding carboxylic acids is 1. The van der Waals surface area contributed by atoms with Gasteiger partial charge in [0, 0.05) is 26.1 Å². The van der Waals surface area contributed by atoms with Gasteiger partial charge < -0.3 is 5.11 Å². The van der Waals surface area contributed by atoms with Crippen LogP contribution in [-0.4, -0.2) is 46.8 Å². The topological polar surface area (TPSA) is 43.8 Å². The molecule has 0 radical (unpaired) electrons. The molecule has 0 aromatic carbocycles. The fourth-order valence-corrected chi connectivity index (χ4v) is 1.81. The van der Waals surface area contributed by atoms with Gasteiger partial charge in [-0.1, -0.05) is 6.92 Å². The van der Waals surface area contributed by atoms with Gasteiger partial charge in [-0.05, 0) is 19.8 Å². The maximum Gasteiger partial charge on any atom is 0.238 e. The first kappa shape index (κ1) is 11.5. The lowest BCUT2D eigenvalue weighted by molar-refractivity contribution is -0.137. The fourth-order valence-electron chi connectivity index (χ4n) is 1.81. The second kappa shape index (κ2) is 4.75. The lowest BCUT2D eigenvalue weighted by atomic mass is 10.2. The molecule has 82 valence electrons. The maximum atomic E-state index is 11.6. The zero-order valence-corrected chi connectivity index (χ0v) is 9.23. The minimum Gasteiger partial charge on any atom is -0.393 e. The van der Waals surface area contributed by atoms with E-state index in [-0.39, 0.29) is 12.0 Å². The van der Waals surface area contributed by atoms with Crippen molar-refractivity contribution in [3.05, 3.63) is 0 Å². The number of aliphatic hydroxyl groups is 1. The van der Waals surface area contributed by atoms with Crippen molar-refractivity contribution >= 4 is 5.91 Å². The lowest BCUT2D eigenvalue weighted by Gasteiger charge is -2.28. The van der Waals surface area contributed by atoms with Crippen LogP contribution in [0.2, 0.25) is 0 Å². The molecular weight excluding hydrogens is 180 g/mol. The monoisotopic (exact) mass is 200 g/mol. The molecular formula is C10H20N2O2. The molecule has 2 unspecified atom stereocenters. The number of hydrazine groups is 1. The minimum absolute atomic E-state index is 0.181. The van der Waals surface area contributed by atoms with Gasteiger partial charge in [0.1, 0.15) is 0 Å². The second-order valence-electron chi connectivity index (χ2n) is 3.99. The number of nitrogens with zero attached hydrogens (tertiary/aromatic N) is 2. The number of carbonyl (C=O) groups is 1. The third kappa shape index (κ3) is 2.45. The molecule has 0 aromatic heterocycles. The first-order valence-electron chi connectivity index (χ1n) is 5.27. The van der Waals surface area contributed by atoms with Crippen LogP contribution in [0.1, 0.15) is 33.1 Å². The van der Waals surface area contributed by atoms with Gasteiger partial charge >= 0.3 is 0 Å². The highest BCUT2D eigenvalue weighted by atomic mass is 16.3. The summed E-state index contributed by atoms with van der Waals surface area (Å²) in [7, 11) is 1.95. The summed E-state index contributed by atoms with van der Waals surface area (Å²) in [6.45, 7) is 4.47. The number of amides is 1. The number of rotatable bonds is 4. The molecule has 0 aliphatic carbocycles. The Morgan fingerprint density at radius 1 is 1.64 bits per heavy atom. The Balaban J connectivity index is 2.48. The standard InChI is InChI=1S/C10H20N2O2/c1-4-9-7-10(14)12(11(9)3)6-5-8(2)13/h8-9,13H,4-7H2,1-3H3. The van der Waals surface area contributed by atoms with Crippen LogP contribution in [0.3, 0.4) is 0 Å². The Hall–Kier alpha value is -0.610. The van der Waals surface area contributed by atoms with Gasteiger partial charge in [-0.15, -0.1) is 0 Å². The van der Waals surface area contributed by atoms with Crippen LogP contribution >= 0.6 is 0 Å². The van der Waals surface area contributed by atoms with Crippen molar-refractivity contribution in [1.29, 1.82) is 0 Å². The average molecular weight is 200 g/mol. The molecule has 1 heterocycles. The minimum atomic E-state index is -0.336. The van der Waals surface area contributed by atoms with E-state index in [1.54, 1.807) is 11.9 Å². The summed E-state index contributed by atoms with van der Waals surface area (Å²) >= 11 is 0. The predicted molar refractivity (Wildman–Crippen MR) is 54.5 cm³/mol. The second-order valence-corrected chi connectivity index (χ2v) is 3.99. The van der Waals surface area contributed by atoms with Crippen molar-refractivity contribution in [3.63, 3.8) is 0 Å². The third-order valence-electron chi connectivity index (χ3n) is 2.84. The van der Waals surface area contributed by atoms with Gasteiger partial charge in [0.05, 0.1) is 6.10 Å². The Labute approximate surface area is 85.5 Å². The van der Waals surface area contributed by atoms with Crippen molar-refractivity contribution in [2.45, 2.75) is 45.3 Å². The van der Waals surface area contributed by atoms with Crippen LogP contribution in [-0.2, 0) is 4.79 Å². The molecule has 1 aliphatic heterocycles. The predicted octanol–water partition coefficient (Wildman–Crippen LogP) is 0.615. The molecule has 1 fully saturated rings. The summed E-state index contributed by atoms with van der Waals surface area (Å²) in [5.74, 6) is 0.181. The molecule has 1 saturated heterocycles. The highest BCUT2D eigenvalue weighted by Gasteiger charge is 2.33. The molecule has 0 saturated carbocycles. The van der Waals surface area contributed by atoms with Crippen LogP contribution < -0.4 is 0 Å². The molecule has 1 N–H and O–H groups in total. The van der Waals surface area contributed by atoms with E-state index in [4.69, 9.17) is 5.11 Å². The summed E-state index contributed by atoms with van der Waals surface area (Å²) in [6.07, 6.45) is 1.92. The Kier molecular flexibility index (Phi) is 3.89. The Morgan fingerprint density at radius 2 is 2.29 bits per heavy atom. The summed E-state index contributed by atoms with van der Waals surface area (Å²) in [5.41, 5.74) is 0. The maximum absolute atomic E-state index is 11.6. The summed E-state index contributed by atoms with van der Waals surface area (Å²) in [5, 5.41) is 12.9. The van der Waals surface area contributed by atoms with Gasteiger partial charge in [0.2, 0.25) is 5.91 Å². The van der Waals surface area contributed by atoms with Gasteiger partial charge in [0.15, 0.2) is 0 Å². The van der Waals surface area contributed by atoms with Crippen LogP contribution in [0.5, 0.6) is 0 Å².